The van der Waals surface area contributed by atoms with Crippen LogP contribution < -0.4 is 5.32 Å². The molecular weight excluding hydrogens is 265 g/mol. The van der Waals surface area contributed by atoms with Crippen LogP contribution in [0.25, 0.3) is 0 Å². The summed E-state index contributed by atoms with van der Waals surface area (Å²) < 4.78 is 15.5. The number of phosphoric acid groups is 1. The Morgan fingerprint density at radius 2 is 1.58 bits per heavy atom. The van der Waals surface area contributed by atoms with E-state index in [9.17, 15) is 4.57 Å². The fraction of sp³-hybridized carbons (Fsp3) is 1.00. The Morgan fingerprint density at radius 3 is 2.05 bits per heavy atom. The standard InChI is InChI=1S/C13H30NO4P/c1-3-4-5-6-7-8-9-10-11-13(12-14-2)18-19(15,16)17/h13-14H,3-12H2,1-2H3,(H2,15,16,17). The van der Waals surface area contributed by atoms with Gasteiger partial charge in [-0.15, -0.1) is 0 Å². The minimum atomic E-state index is -4.37. The Balaban J connectivity index is 3.56. The third kappa shape index (κ3) is 14.3. The lowest BCUT2D eigenvalue weighted by molar-refractivity contribution is 0.124. The summed E-state index contributed by atoms with van der Waals surface area (Å²) in [6.45, 7) is 2.69. The second-order valence-corrected chi connectivity index (χ2v) is 6.23. The first-order chi connectivity index (χ1) is 8.99. The van der Waals surface area contributed by atoms with E-state index in [1.807, 2.05) is 0 Å². The van der Waals surface area contributed by atoms with Gasteiger partial charge in [0.05, 0.1) is 6.10 Å². The molecule has 0 amide bonds. The highest BCUT2D eigenvalue weighted by molar-refractivity contribution is 7.46. The molecule has 0 aromatic heterocycles. The van der Waals surface area contributed by atoms with Crippen LogP contribution >= 0.6 is 7.82 Å². The quantitative estimate of drug-likeness (QED) is 0.359. The summed E-state index contributed by atoms with van der Waals surface area (Å²) in [7, 11) is -2.61. The van der Waals surface area contributed by atoms with Gasteiger partial charge in [0.2, 0.25) is 0 Å². The van der Waals surface area contributed by atoms with E-state index >= 15 is 0 Å². The van der Waals surface area contributed by atoms with Gasteiger partial charge in [0.1, 0.15) is 0 Å². The second kappa shape index (κ2) is 11.9. The van der Waals surface area contributed by atoms with Gasteiger partial charge in [-0.05, 0) is 13.5 Å². The van der Waals surface area contributed by atoms with Gasteiger partial charge in [0.25, 0.3) is 0 Å². The van der Waals surface area contributed by atoms with E-state index in [0.717, 1.165) is 12.8 Å². The predicted octanol–water partition coefficient (Wildman–Crippen LogP) is 3.21. The maximum absolute atomic E-state index is 10.8. The highest BCUT2D eigenvalue weighted by Crippen LogP contribution is 2.38. The molecule has 1 unspecified atom stereocenters. The molecule has 0 aliphatic rings. The number of rotatable bonds is 13. The van der Waals surface area contributed by atoms with Crippen molar-refractivity contribution in [1.29, 1.82) is 0 Å². The van der Waals surface area contributed by atoms with Crippen molar-refractivity contribution in [3.05, 3.63) is 0 Å². The zero-order chi connectivity index (χ0) is 14.6. The van der Waals surface area contributed by atoms with Crippen LogP contribution in [-0.2, 0) is 9.09 Å². The van der Waals surface area contributed by atoms with Crippen LogP contribution in [0.4, 0.5) is 0 Å². The van der Waals surface area contributed by atoms with Crippen molar-refractivity contribution >= 4 is 7.82 Å². The third-order valence-corrected chi connectivity index (χ3v) is 3.67. The molecule has 5 nitrogen and oxygen atoms in total. The summed E-state index contributed by atoms with van der Waals surface area (Å²) in [5.41, 5.74) is 0. The van der Waals surface area contributed by atoms with E-state index in [1.54, 1.807) is 7.05 Å². The van der Waals surface area contributed by atoms with Gasteiger partial charge in [-0.1, -0.05) is 58.3 Å². The summed E-state index contributed by atoms with van der Waals surface area (Å²) in [4.78, 5) is 17.6. The van der Waals surface area contributed by atoms with Crippen LogP contribution in [0.2, 0.25) is 0 Å². The van der Waals surface area contributed by atoms with Gasteiger partial charge in [0, 0.05) is 6.54 Å². The average molecular weight is 295 g/mol. The Morgan fingerprint density at radius 1 is 1.05 bits per heavy atom. The van der Waals surface area contributed by atoms with E-state index < -0.39 is 13.9 Å². The lowest BCUT2D eigenvalue weighted by Crippen LogP contribution is -2.25. The van der Waals surface area contributed by atoms with E-state index in [1.165, 1.54) is 38.5 Å². The van der Waals surface area contributed by atoms with Crippen molar-refractivity contribution < 1.29 is 18.9 Å². The number of nitrogens with one attached hydrogen (secondary N) is 1. The van der Waals surface area contributed by atoms with Crippen molar-refractivity contribution in [2.75, 3.05) is 13.6 Å². The fourth-order valence-electron chi connectivity index (χ4n) is 2.12. The minimum absolute atomic E-state index is 0.397. The molecule has 0 bridgehead atoms. The van der Waals surface area contributed by atoms with Crippen molar-refractivity contribution in [2.24, 2.45) is 0 Å². The molecule has 0 aliphatic heterocycles. The molecule has 0 aromatic rings. The van der Waals surface area contributed by atoms with Crippen LogP contribution in [0, 0.1) is 0 Å². The van der Waals surface area contributed by atoms with Crippen LogP contribution in [0.1, 0.15) is 64.7 Å². The molecule has 0 radical (unpaired) electrons. The molecular formula is C13H30NO4P. The minimum Gasteiger partial charge on any atom is -0.317 e. The van der Waals surface area contributed by atoms with Gasteiger partial charge in [-0.25, -0.2) is 4.57 Å². The van der Waals surface area contributed by atoms with Crippen molar-refractivity contribution in [3.63, 3.8) is 0 Å². The van der Waals surface area contributed by atoms with Crippen molar-refractivity contribution in [1.82, 2.24) is 5.32 Å². The van der Waals surface area contributed by atoms with Crippen LogP contribution in [-0.4, -0.2) is 29.5 Å². The molecule has 0 spiro atoms. The van der Waals surface area contributed by atoms with Gasteiger partial charge in [0.15, 0.2) is 0 Å². The van der Waals surface area contributed by atoms with Crippen LogP contribution in [0.3, 0.4) is 0 Å². The maximum Gasteiger partial charge on any atom is 0.469 e. The Labute approximate surface area is 117 Å². The number of unbranched alkanes of at least 4 members (excludes halogenated alkanes) is 7. The second-order valence-electron chi connectivity index (χ2n) is 5.04. The lowest BCUT2D eigenvalue weighted by Gasteiger charge is -2.17. The predicted molar refractivity (Wildman–Crippen MR) is 78.1 cm³/mol. The maximum atomic E-state index is 10.8. The average Bonchev–Trinajstić information content (AvgIpc) is 2.31. The Hall–Kier alpha value is 0.0700. The zero-order valence-corrected chi connectivity index (χ0v) is 13.2. The van der Waals surface area contributed by atoms with E-state index in [4.69, 9.17) is 14.3 Å². The molecule has 19 heavy (non-hydrogen) atoms. The van der Waals surface area contributed by atoms with Crippen LogP contribution in [0.15, 0.2) is 0 Å². The van der Waals surface area contributed by atoms with Crippen molar-refractivity contribution in [3.8, 4) is 0 Å². The first kappa shape index (κ1) is 19.1. The van der Waals surface area contributed by atoms with Gasteiger partial charge < -0.3 is 15.1 Å². The molecule has 0 aromatic carbocycles. The highest BCUT2D eigenvalue weighted by atomic mass is 31.2. The third-order valence-electron chi connectivity index (χ3n) is 3.10. The Bertz CT molecular complexity index is 245. The number of hydrogen-bond acceptors (Lipinski definition) is 3. The Kier molecular flexibility index (Phi) is 11.9. The monoisotopic (exact) mass is 295 g/mol. The molecule has 1 atom stereocenters. The molecule has 0 fully saturated rings. The normalized spacial score (nSPS) is 13.7. The van der Waals surface area contributed by atoms with E-state index in [0.29, 0.717) is 13.0 Å². The zero-order valence-electron chi connectivity index (χ0n) is 12.3. The molecule has 0 heterocycles. The first-order valence-corrected chi connectivity index (χ1v) is 8.91. The topological polar surface area (TPSA) is 78.8 Å². The number of phosphoric ester groups is 1. The van der Waals surface area contributed by atoms with Gasteiger partial charge in [-0.2, -0.15) is 0 Å². The number of likely N-dealkylation sites (N-methyl/N-ethyl adjacent to an activating group) is 1. The molecule has 0 rings (SSSR count). The van der Waals surface area contributed by atoms with E-state index in [-0.39, 0.29) is 0 Å². The molecule has 0 aliphatic carbocycles. The molecule has 3 N–H and O–H groups in total. The van der Waals surface area contributed by atoms with Gasteiger partial charge in [-0.3, -0.25) is 4.52 Å². The first-order valence-electron chi connectivity index (χ1n) is 7.38. The number of hydrogen-bond donors (Lipinski definition) is 3. The lowest BCUT2D eigenvalue weighted by atomic mass is 10.1. The summed E-state index contributed by atoms with van der Waals surface area (Å²) in [6, 6.07) is 0. The molecule has 116 valence electrons. The SMILES string of the molecule is CCCCCCCCCCC(CNC)OP(=O)(O)O. The summed E-state index contributed by atoms with van der Waals surface area (Å²) in [5.74, 6) is 0. The highest BCUT2D eigenvalue weighted by Gasteiger charge is 2.21. The van der Waals surface area contributed by atoms with Crippen molar-refractivity contribution in [2.45, 2.75) is 70.8 Å². The summed E-state index contributed by atoms with van der Waals surface area (Å²) in [6.07, 6.45) is 10.0. The fourth-order valence-corrected chi connectivity index (χ4v) is 2.69. The largest absolute Gasteiger partial charge is 0.469 e. The summed E-state index contributed by atoms with van der Waals surface area (Å²) in [5, 5.41) is 2.90. The van der Waals surface area contributed by atoms with Gasteiger partial charge >= 0.3 is 7.82 Å². The summed E-state index contributed by atoms with van der Waals surface area (Å²) >= 11 is 0. The molecule has 0 saturated carbocycles. The molecule has 0 saturated heterocycles. The smallest absolute Gasteiger partial charge is 0.317 e. The van der Waals surface area contributed by atoms with Crippen LogP contribution in [0.5, 0.6) is 0 Å². The molecule has 6 heteroatoms. The van der Waals surface area contributed by atoms with E-state index in [2.05, 4.69) is 12.2 Å².